The maximum Gasteiger partial charge on any atom is 0.407 e. The van der Waals surface area contributed by atoms with Crippen LogP contribution in [0.1, 0.15) is 36.3 Å². The van der Waals surface area contributed by atoms with Gasteiger partial charge in [0.15, 0.2) is 0 Å². The van der Waals surface area contributed by atoms with Gasteiger partial charge in [-0.3, -0.25) is 9.59 Å². The van der Waals surface area contributed by atoms with E-state index in [2.05, 4.69) is 29.6 Å². The first-order chi connectivity index (χ1) is 17.0. The molecule has 0 aromatic heterocycles. The first-order valence-corrected chi connectivity index (χ1v) is 12.2. The van der Waals surface area contributed by atoms with E-state index in [1.54, 1.807) is 4.90 Å². The van der Waals surface area contributed by atoms with Crippen LogP contribution in [0.2, 0.25) is 0 Å². The molecular formula is C27H30N2O6. The predicted octanol–water partition coefficient (Wildman–Crippen LogP) is 3.25. The van der Waals surface area contributed by atoms with Crippen molar-refractivity contribution in [2.24, 2.45) is 11.8 Å². The highest BCUT2D eigenvalue weighted by atomic mass is 16.5. The number of alkyl carbamates (subject to hydrolysis) is 1. The number of carbonyl (C=O) groups is 3. The summed E-state index contributed by atoms with van der Waals surface area (Å²) in [6.07, 6.45) is 0.756. The Balaban J connectivity index is 1.08. The second kappa shape index (κ2) is 10.1. The van der Waals surface area contributed by atoms with Gasteiger partial charge in [-0.1, -0.05) is 48.5 Å². The maximum atomic E-state index is 12.8. The largest absolute Gasteiger partial charge is 0.481 e. The van der Waals surface area contributed by atoms with Crippen molar-refractivity contribution in [1.82, 2.24) is 10.2 Å². The molecule has 0 spiro atoms. The normalized spacial score (nSPS) is 21.9. The molecule has 2 N–H and O–H groups in total. The number of aliphatic carboxylic acids is 1. The zero-order valence-electron chi connectivity index (χ0n) is 19.5. The Bertz CT molecular complexity index is 1060. The van der Waals surface area contributed by atoms with Crippen molar-refractivity contribution in [3.63, 3.8) is 0 Å². The molecule has 8 heteroatoms. The van der Waals surface area contributed by atoms with E-state index in [-0.39, 0.29) is 42.9 Å². The fourth-order valence-corrected chi connectivity index (χ4v) is 5.47. The monoisotopic (exact) mass is 478 g/mol. The van der Waals surface area contributed by atoms with Crippen LogP contribution in [0.3, 0.4) is 0 Å². The molecule has 0 bridgehead atoms. The molecule has 0 unspecified atom stereocenters. The third-order valence-corrected chi connectivity index (χ3v) is 7.40. The Morgan fingerprint density at radius 3 is 2.23 bits per heavy atom. The van der Waals surface area contributed by atoms with Crippen molar-refractivity contribution in [3.05, 3.63) is 59.7 Å². The topological polar surface area (TPSA) is 105 Å². The number of hydrogen-bond acceptors (Lipinski definition) is 5. The van der Waals surface area contributed by atoms with Gasteiger partial charge >= 0.3 is 12.1 Å². The van der Waals surface area contributed by atoms with Gasteiger partial charge < -0.3 is 24.8 Å². The summed E-state index contributed by atoms with van der Waals surface area (Å²) in [7, 11) is 0. The van der Waals surface area contributed by atoms with Crippen molar-refractivity contribution in [2.75, 3.05) is 32.8 Å². The van der Waals surface area contributed by atoms with E-state index < -0.39 is 12.1 Å². The minimum Gasteiger partial charge on any atom is -0.481 e. The average molecular weight is 479 g/mol. The summed E-state index contributed by atoms with van der Waals surface area (Å²) in [5.74, 6) is -1.40. The minimum atomic E-state index is -0.791. The van der Waals surface area contributed by atoms with Crippen molar-refractivity contribution in [2.45, 2.75) is 31.3 Å². The summed E-state index contributed by atoms with van der Waals surface area (Å²) < 4.78 is 11.3. The predicted molar refractivity (Wildman–Crippen MR) is 128 cm³/mol. The van der Waals surface area contributed by atoms with Crippen molar-refractivity contribution >= 4 is 18.0 Å². The lowest BCUT2D eigenvalue weighted by atomic mass is 9.95. The summed E-state index contributed by atoms with van der Waals surface area (Å²) in [5.41, 5.74) is 4.68. The van der Waals surface area contributed by atoms with Gasteiger partial charge in [0, 0.05) is 25.6 Å². The number of nitrogens with one attached hydrogen (secondary N) is 1. The smallest absolute Gasteiger partial charge is 0.407 e. The van der Waals surface area contributed by atoms with Gasteiger partial charge in [-0.25, -0.2) is 4.79 Å². The molecule has 5 rings (SSSR count). The van der Waals surface area contributed by atoms with Gasteiger partial charge in [-0.2, -0.15) is 0 Å². The second-order valence-electron chi connectivity index (χ2n) is 9.53. The molecule has 2 saturated heterocycles. The number of carboxylic acids is 1. The lowest BCUT2D eigenvalue weighted by Gasteiger charge is -2.31. The number of hydrogen-bond donors (Lipinski definition) is 2. The van der Waals surface area contributed by atoms with Gasteiger partial charge in [-0.05, 0) is 41.5 Å². The zero-order chi connectivity index (χ0) is 24.4. The molecule has 184 valence electrons. The van der Waals surface area contributed by atoms with Crippen LogP contribution < -0.4 is 5.32 Å². The quantitative estimate of drug-likeness (QED) is 0.660. The number of benzene rings is 2. The third-order valence-electron chi connectivity index (χ3n) is 7.40. The maximum absolute atomic E-state index is 12.8. The Morgan fingerprint density at radius 1 is 0.971 bits per heavy atom. The summed E-state index contributed by atoms with van der Waals surface area (Å²) in [4.78, 5) is 38.1. The number of amides is 2. The van der Waals surface area contributed by atoms with E-state index in [9.17, 15) is 14.4 Å². The van der Waals surface area contributed by atoms with E-state index in [1.165, 1.54) is 11.1 Å². The van der Waals surface area contributed by atoms with E-state index in [1.807, 2.05) is 24.3 Å². The van der Waals surface area contributed by atoms with Crippen molar-refractivity contribution in [3.8, 4) is 11.1 Å². The molecule has 0 radical (unpaired) electrons. The van der Waals surface area contributed by atoms with Crippen LogP contribution in [0.15, 0.2) is 48.5 Å². The summed E-state index contributed by atoms with van der Waals surface area (Å²) >= 11 is 0. The van der Waals surface area contributed by atoms with E-state index in [0.717, 1.165) is 11.1 Å². The molecular weight excluding hydrogens is 448 g/mol. The Labute approximate surface area is 204 Å². The molecule has 3 aliphatic rings. The van der Waals surface area contributed by atoms with Crippen molar-refractivity contribution in [1.29, 1.82) is 0 Å². The van der Waals surface area contributed by atoms with Crippen LogP contribution in [0.4, 0.5) is 4.79 Å². The Hall–Kier alpha value is -3.39. The highest BCUT2D eigenvalue weighted by Crippen LogP contribution is 2.44. The van der Waals surface area contributed by atoms with E-state index in [4.69, 9.17) is 14.6 Å². The van der Waals surface area contributed by atoms with Gasteiger partial charge in [0.25, 0.3) is 0 Å². The number of nitrogens with zero attached hydrogens (tertiary/aromatic N) is 1. The van der Waals surface area contributed by atoms with Crippen LogP contribution in [-0.4, -0.2) is 66.9 Å². The molecule has 2 heterocycles. The van der Waals surface area contributed by atoms with Gasteiger partial charge in [0.2, 0.25) is 5.91 Å². The summed E-state index contributed by atoms with van der Waals surface area (Å²) in [5, 5.41) is 11.9. The van der Waals surface area contributed by atoms with Gasteiger partial charge in [0.05, 0.1) is 24.5 Å². The molecule has 1 aliphatic carbocycles. The number of rotatable bonds is 6. The number of carboxylic acid groups (broad SMARTS) is 1. The van der Waals surface area contributed by atoms with Gasteiger partial charge in [-0.15, -0.1) is 0 Å². The van der Waals surface area contributed by atoms with Crippen molar-refractivity contribution < 1.29 is 29.0 Å². The Kier molecular flexibility index (Phi) is 6.72. The third kappa shape index (κ3) is 4.89. The molecule has 8 nitrogen and oxygen atoms in total. The summed E-state index contributed by atoms with van der Waals surface area (Å²) in [6.45, 7) is 1.78. The highest BCUT2D eigenvalue weighted by molar-refractivity contribution is 5.80. The molecule has 2 aliphatic heterocycles. The van der Waals surface area contributed by atoms with Crippen LogP contribution in [-0.2, 0) is 19.1 Å². The summed E-state index contributed by atoms with van der Waals surface area (Å²) in [6, 6.07) is 16.4. The zero-order valence-corrected chi connectivity index (χ0v) is 19.5. The van der Waals surface area contributed by atoms with Crippen LogP contribution in [0, 0.1) is 11.8 Å². The average Bonchev–Trinajstić information content (AvgIpc) is 3.49. The number of piperidine rings is 1. The molecule has 2 amide bonds. The molecule has 2 fully saturated rings. The fraction of sp³-hybridized carbons (Fsp3) is 0.444. The van der Waals surface area contributed by atoms with Gasteiger partial charge in [0.1, 0.15) is 6.61 Å². The Morgan fingerprint density at radius 2 is 1.60 bits per heavy atom. The molecule has 2 aromatic carbocycles. The first kappa shape index (κ1) is 23.4. The number of likely N-dealkylation sites (tertiary alicyclic amines) is 1. The van der Waals surface area contributed by atoms with Crippen LogP contribution in [0.5, 0.6) is 0 Å². The van der Waals surface area contributed by atoms with Crippen LogP contribution >= 0.6 is 0 Å². The first-order valence-electron chi connectivity index (χ1n) is 12.2. The molecule has 35 heavy (non-hydrogen) atoms. The molecule has 2 aromatic rings. The molecule has 2 atom stereocenters. The molecule has 0 saturated carbocycles. The number of fused-ring (bicyclic) bond motifs is 3. The second-order valence-corrected chi connectivity index (χ2v) is 9.53. The standard InChI is InChI=1S/C27H30N2O6/c30-25(29-11-9-17(10-12-29)26(31)32)18-13-19(34-15-18)14-28-27(33)35-16-24-22-7-3-1-5-20(22)21-6-2-4-8-23(21)24/h1-8,17-19,24H,9-16H2,(H,28,33)(H,31,32)/t18-,19-/m0/s1. The SMILES string of the molecule is O=C(NC[C@@H]1C[C@H](C(=O)N2CCC(C(=O)O)CC2)CO1)OCC1c2ccccc2-c2ccccc21. The van der Waals surface area contributed by atoms with E-state index in [0.29, 0.717) is 39.0 Å². The van der Waals surface area contributed by atoms with E-state index >= 15 is 0 Å². The minimum absolute atomic E-state index is 0.00292. The fourth-order valence-electron chi connectivity index (χ4n) is 5.47. The highest BCUT2D eigenvalue weighted by Gasteiger charge is 2.36. The number of carbonyl (C=O) groups excluding carboxylic acids is 2. The number of ether oxygens (including phenoxy) is 2. The lowest BCUT2D eigenvalue weighted by molar-refractivity contribution is -0.146. The lowest BCUT2D eigenvalue weighted by Crippen LogP contribution is -2.43. The van der Waals surface area contributed by atoms with Crippen LogP contribution in [0.25, 0.3) is 11.1 Å².